The number of carbonyl (C=O) groups is 1. The Hall–Kier alpha value is -3.49. The maximum atomic E-state index is 12.3. The molecule has 0 radical (unpaired) electrons. The van der Waals surface area contributed by atoms with Gasteiger partial charge in [0, 0.05) is 30.0 Å². The summed E-state index contributed by atoms with van der Waals surface area (Å²) in [6, 6.07) is 14.8. The molecule has 1 saturated heterocycles. The third-order valence-corrected chi connectivity index (χ3v) is 5.37. The van der Waals surface area contributed by atoms with Crippen LogP contribution in [-0.2, 0) is 6.61 Å². The van der Waals surface area contributed by atoms with Gasteiger partial charge in [-0.05, 0) is 67.9 Å². The molecule has 4 rings (SSSR count). The van der Waals surface area contributed by atoms with Crippen molar-refractivity contribution in [2.45, 2.75) is 19.4 Å². The number of aromatic nitrogens is 2. The number of aliphatic hydroxyl groups excluding tert-OH is 1. The number of nitrogens with one attached hydrogen (secondary N) is 3. The molecule has 166 valence electrons. The van der Waals surface area contributed by atoms with Crippen LogP contribution in [0.5, 0.6) is 0 Å². The lowest BCUT2D eigenvalue weighted by Gasteiger charge is -2.14. The highest BCUT2D eigenvalue weighted by Gasteiger charge is 2.11. The van der Waals surface area contributed by atoms with Crippen LogP contribution in [0.25, 0.3) is 0 Å². The van der Waals surface area contributed by atoms with Crippen LogP contribution in [-0.4, -0.2) is 52.1 Å². The van der Waals surface area contributed by atoms with Crippen LogP contribution < -0.4 is 16.0 Å². The monoisotopic (exact) mass is 432 g/mol. The van der Waals surface area contributed by atoms with E-state index < -0.39 is 0 Å². The van der Waals surface area contributed by atoms with Crippen molar-refractivity contribution in [1.29, 1.82) is 0 Å². The maximum absolute atomic E-state index is 12.3. The molecule has 3 aromatic rings. The predicted octanol–water partition coefficient (Wildman–Crippen LogP) is 3.28. The van der Waals surface area contributed by atoms with Crippen LogP contribution in [0.4, 0.5) is 23.0 Å². The highest BCUT2D eigenvalue weighted by Crippen LogP contribution is 2.19. The van der Waals surface area contributed by atoms with Gasteiger partial charge in [0.2, 0.25) is 5.95 Å². The molecule has 1 amide bonds. The molecule has 0 unspecified atom stereocenters. The van der Waals surface area contributed by atoms with Gasteiger partial charge in [-0.1, -0.05) is 12.1 Å². The minimum Gasteiger partial charge on any atom is -0.392 e. The number of hydrogen-bond acceptors (Lipinski definition) is 7. The van der Waals surface area contributed by atoms with Crippen LogP contribution in [0.3, 0.4) is 0 Å². The molecule has 1 aliphatic heterocycles. The van der Waals surface area contributed by atoms with E-state index in [-0.39, 0.29) is 12.5 Å². The van der Waals surface area contributed by atoms with Crippen molar-refractivity contribution < 1.29 is 9.90 Å². The number of likely N-dealkylation sites (tertiary alicyclic amines) is 1. The Morgan fingerprint density at radius 1 is 0.938 bits per heavy atom. The minimum absolute atomic E-state index is 0.00602. The van der Waals surface area contributed by atoms with Gasteiger partial charge in [0.05, 0.1) is 24.7 Å². The molecule has 4 N–H and O–H groups in total. The highest BCUT2D eigenvalue weighted by atomic mass is 16.3. The second kappa shape index (κ2) is 10.7. The fourth-order valence-electron chi connectivity index (χ4n) is 3.64. The van der Waals surface area contributed by atoms with Crippen molar-refractivity contribution in [1.82, 2.24) is 20.2 Å². The third kappa shape index (κ3) is 6.03. The van der Waals surface area contributed by atoms with Crippen molar-refractivity contribution in [3.63, 3.8) is 0 Å². The molecule has 0 aliphatic carbocycles. The largest absolute Gasteiger partial charge is 0.392 e. The molecule has 0 saturated carbocycles. The van der Waals surface area contributed by atoms with E-state index in [1.54, 1.807) is 24.5 Å². The van der Waals surface area contributed by atoms with Crippen LogP contribution in [0, 0.1) is 0 Å². The molecular weight excluding hydrogens is 404 g/mol. The maximum Gasteiger partial charge on any atom is 0.251 e. The Kier molecular flexibility index (Phi) is 7.27. The lowest BCUT2D eigenvalue weighted by atomic mass is 10.2. The van der Waals surface area contributed by atoms with Crippen molar-refractivity contribution >= 4 is 28.9 Å². The fraction of sp³-hybridized carbons (Fsp3) is 0.292. The van der Waals surface area contributed by atoms with E-state index >= 15 is 0 Å². The van der Waals surface area contributed by atoms with E-state index in [0.29, 0.717) is 18.1 Å². The smallest absolute Gasteiger partial charge is 0.251 e. The molecule has 32 heavy (non-hydrogen) atoms. The zero-order valence-electron chi connectivity index (χ0n) is 17.9. The summed E-state index contributed by atoms with van der Waals surface area (Å²) < 4.78 is 0. The number of anilines is 4. The zero-order chi connectivity index (χ0) is 22.2. The Bertz CT molecular complexity index is 1020. The SMILES string of the molecule is O=C(NCCN1CCCC1)c1ccc(Nc2ncc(Nc3cccc(CO)c3)cn2)cc1. The predicted molar refractivity (Wildman–Crippen MR) is 125 cm³/mol. The van der Waals surface area contributed by atoms with Gasteiger partial charge in [-0.25, -0.2) is 9.97 Å². The van der Waals surface area contributed by atoms with Crippen molar-refractivity contribution in [2.24, 2.45) is 0 Å². The average Bonchev–Trinajstić information content (AvgIpc) is 3.34. The summed E-state index contributed by atoms with van der Waals surface area (Å²) in [5.74, 6) is 0.398. The Labute approximate surface area is 187 Å². The molecular formula is C24H28N6O2. The quantitative estimate of drug-likeness (QED) is 0.411. The van der Waals surface area contributed by atoms with Gasteiger partial charge >= 0.3 is 0 Å². The molecule has 1 fully saturated rings. The summed E-state index contributed by atoms with van der Waals surface area (Å²) in [5, 5.41) is 18.6. The summed E-state index contributed by atoms with van der Waals surface area (Å²) in [7, 11) is 0. The number of nitrogens with zero attached hydrogens (tertiary/aromatic N) is 3. The first-order valence-electron chi connectivity index (χ1n) is 10.9. The molecule has 8 heteroatoms. The van der Waals surface area contributed by atoms with Gasteiger partial charge in [0.1, 0.15) is 0 Å². The van der Waals surface area contributed by atoms with Gasteiger partial charge in [-0.15, -0.1) is 0 Å². The van der Waals surface area contributed by atoms with E-state index in [1.165, 1.54) is 12.8 Å². The summed E-state index contributed by atoms with van der Waals surface area (Å²) in [5.41, 5.74) is 3.86. The van der Waals surface area contributed by atoms with Gasteiger partial charge in [-0.3, -0.25) is 4.79 Å². The number of benzene rings is 2. The lowest BCUT2D eigenvalue weighted by molar-refractivity contribution is 0.0950. The summed E-state index contributed by atoms with van der Waals surface area (Å²) >= 11 is 0. The summed E-state index contributed by atoms with van der Waals surface area (Å²) in [6.45, 7) is 3.82. The van der Waals surface area contributed by atoms with Crippen LogP contribution in [0.1, 0.15) is 28.8 Å². The minimum atomic E-state index is -0.0623. The van der Waals surface area contributed by atoms with E-state index in [1.807, 2.05) is 36.4 Å². The van der Waals surface area contributed by atoms with Crippen LogP contribution in [0.15, 0.2) is 60.9 Å². The van der Waals surface area contributed by atoms with E-state index in [9.17, 15) is 9.90 Å². The highest BCUT2D eigenvalue weighted by molar-refractivity contribution is 5.94. The standard InChI is InChI=1S/C24H28N6O2/c31-17-18-4-3-5-21(14-18)28-22-15-26-24(27-16-22)29-20-8-6-19(7-9-20)23(32)25-10-13-30-11-1-2-12-30/h3-9,14-16,28,31H,1-2,10-13,17H2,(H,25,32)(H,26,27,29). The van der Waals surface area contributed by atoms with Crippen LogP contribution in [0.2, 0.25) is 0 Å². The van der Waals surface area contributed by atoms with Gasteiger partial charge in [0.25, 0.3) is 5.91 Å². The Morgan fingerprint density at radius 2 is 1.69 bits per heavy atom. The van der Waals surface area contributed by atoms with E-state index in [4.69, 9.17) is 0 Å². The van der Waals surface area contributed by atoms with Crippen molar-refractivity contribution in [2.75, 3.05) is 36.8 Å². The summed E-state index contributed by atoms with van der Waals surface area (Å²) in [6.07, 6.45) is 5.87. The Morgan fingerprint density at radius 3 is 2.41 bits per heavy atom. The molecule has 0 atom stereocenters. The lowest BCUT2D eigenvalue weighted by Crippen LogP contribution is -2.33. The molecule has 8 nitrogen and oxygen atoms in total. The first-order valence-corrected chi connectivity index (χ1v) is 10.9. The second-order valence-corrected chi connectivity index (χ2v) is 7.79. The molecule has 2 heterocycles. The van der Waals surface area contributed by atoms with Gasteiger partial charge < -0.3 is 26.0 Å². The zero-order valence-corrected chi connectivity index (χ0v) is 17.9. The van der Waals surface area contributed by atoms with E-state index in [2.05, 4.69) is 30.8 Å². The topological polar surface area (TPSA) is 102 Å². The van der Waals surface area contributed by atoms with Crippen molar-refractivity contribution in [3.05, 3.63) is 72.1 Å². The number of rotatable bonds is 9. The molecule has 0 bridgehead atoms. The number of aliphatic hydroxyl groups is 1. The van der Waals surface area contributed by atoms with E-state index in [0.717, 1.165) is 42.3 Å². The van der Waals surface area contributed by atoms with Crippen LogP contribution >= 0.6 is 0 Å². The molecule has 2 aromatic carbocycles. The fourth-order valence-corrected chi connectivity index (χ4v) is 3.64. The van der Waals surface area contributed by atoms with Gasteiger partial charge in [0.15, 0.2) is 0 Å². The molecule has 0 spiro atoms. The summed E-state index contributed by atoms with van der Waals surface area (Å²) in [4.78, 5) is 23.4. The van der Waals surface area contributed by atoms with Gasteiger partial charge in [-0.2, -0.15) is 0 Å². The third-order valence-electron chi connectivity index (χ3n) is 5.37. The number of carbonyl (C=O) groups excluding carboxylic acids is 1. The Balaban J connectivity index is 1.27. The molecule has 1 aliphatic rings. The van der Waals surface area contributed by atoms with Crippen molar-refractivity contribution in [3.8, 4) is 0 Å². The average molecular weight is 433 g/mol. The second-order valence-electron chi connectivity index (χ2n) is 7.79. The number of hydrogen-bond donors (Lipinski definition) is 4. The molecule has 1 aromatic heterocycles. The first kappa shape index (κ1) is 21.7. The first-order chi connectivity index (χ1) is 15.7. The number of amides is 1. The normalized spacial score (nSPS) is 13.7.